The van der Waals surface area contributed by atoms with Crippen LogP contribution in [0.1, 0.15) is 40.5 Å². The number of terminal acetylenes is 1. The van der Waals surface area contributed by atoms with E-state index in [1.54, 1.807) is 0 Å². The Balaban J connectivity index is 4.33. The Morgan fingerprint density at radius 1 is 1.20 bits per heavy atom. The van der Waals surface area contributed by atoms with Gasteiger partial charge in [-0.15, -0.1) is 6.42 Å². The first-order valence-electron chi connectivity index (χ1n) is 7.18. The fourth-order valence-corrected chi connectivity index (χ4v) is 1.96. The van der Waals surface area contributed by atoms with Crippen LogP contribution in [0.25, 0.3) is 0 Å². The van der Waals surface area contributed by atoms with Crippen LogP contribution in [0.5, 0.6) is 0 Å². The molecule has 5 heteroatoms. The van der Waals surface area contributed by atoms with Gasteiger partial charge < -0.3 is 15.5 Å². The molecule has 1 atom stereocenters. The van der Waals surface area contributed by atoms with Gasteiger partial charge in [0.1, 0.15) is 5.54 Å². The van der Waals surface area contributed by atoms with E-state index in [0.717, 1.165) is 4.90 Å². The first kappa shape index (κ1) is 18.5. The van der Waals surface area contributed by atoms with Gasteiger partial charge in [0, 0.05) is 6.04 Å². The van der Waals surface area contributed by atoms with Crippen molar-refractivity contribution in [1.29, 1.82) is 0 Å². The van der Waals surface area contributed by atoms with Crippen LogP contribution >= 0.6 is 0 Å². The summed E-state index contributed by atoms with van der Waals surface area (Å²) in [5.74, 6) is 2.49. The van der Waals surface area contributed by atoms with Gasteiger partial charge in [-0.1, -0.05) is 19.8 Å². The summed E-state index contributed by atoms with van der Waals surface area (Å²) in [5, 5.41) is 5.70. The highest BCUT2D eigenvalue weighted by molar-refractivity contribution is 5.79. The summed E-state index contributed by atoms with van der Waals surface area (Å²) >= 11 is 0. The maximum atomic E-state index is 12.0. The van der Waals surface area contributed by atoms with Crippen molar-refractivity contribution in [3.05, 3.63) is 0 Å². The molecular formula is C15H28N3O2+. The zero-order chi connectivity index (χ0) is 15.8. The van der Waals surface area contributed by atoms with Crippen LogP contribution in [0.15, 0.2) is 0 Å². The number of quaternary nitrogens is 1. The Hall–Kier alpha value is -1.54. The Bertz CT molecular complexity index is 368. The number of carbonyl (C=O) groups is 2. The van der Waals surface area contributed by atoms with Crippen LogP contribution in [0, 0.1) is 12.3 Å². The van der Waals surface area contributed by atoms with Crippen molar-refractivity contribution in [1.82, 2.24) is 10.6 Å². The van der Waals surface area contributed by atoms with E-state index in [-0.39, 0.29) is 30.9 Å². The molecule has 2 amide bonds. The predicted molar refractivity (Wildman–Crippen MR) is 80.2 cm³/mol. The number of hydrogen-bond donors (Lipinski definition) is 3. The second-order valence-corrected chi connectivity index (χ2v) is 5.51. The van der Waals surface area contributed by atoms with Gasteiger partial charge in [0.2, 0.25) is 0 Å². The fraction of sp³-hybridized carbons (Fsp3) is 0.733. The molecule has 0 aliphatic heterocycles. The largest absolute Gasteiger partial charge is 0.349 e. The van der Waals surface area contributed by atoms with Crippen molar-refractivity contribution >= 4 is 11.8 Å². The van der Waals surface area contributed by atoms with Crippen LogP contribution in [-0.2, 0) is 9.59 Å². The summed E-state index contributed by atoms with van der Waals surface area (Å²) in [5.41, 5.74) is -0.572. The molecule has 3 N–H and O–H groups in total. The summed E-state index contributed by atoms with van der Waals surface area (Å²) < 4.78 is 0. The molecule has 20 heavy (non-hydrogen) atoms. The summed E-state index contributed by atoms with van der Waals surface area (Å²) in [7, 11) is 1.81. The van der Waals surface area contributed by atoms with Crippen molar-refractivity contribution in [2.75, 3.05) is 20.1 Å². The molecule has 0 saturated heterocycles. The lowest BCUT2D eigenvalue weighted by Gasteiger charge is -2.27. The van der Waals surface area contributed by atoms with Crippen molar-refractivity contribution in [3.63, 3.8) is 0 Å². The molecule has 0 radical (unpaired) electrons. The lowest BCUT2D eigenvalue weighted by molar-refractivity contribution is -0.862. The predicted octanol–water partition coefficient (Wildman–Crippen LogP) is -0.666. The second kappa shape index (κ2) is 8.60. The molecule has 0 aromatic heterocycles. The standard InChI is InChI=1S/C15H27N3O2/c1-7-15(8-2,9-3)17-14(20)11-18(6)10-13(19)16-12(4)5/h1,12H,8-11H2,2-6H3,(H,16,19)(H,17,20)/p+1. The summed E-state index contributed by atoms with van der Waals surface area (Å²) in [6.45, 7) is 8.22. The normalized spacial score (nSPS) is 12.7. The first-order chi connectivity index (χ1) is 9.28. The molecule has 0 rings (SSSR count). The third-order valence-electron chi connectivity index (χ3n) is 3.24. The maximum Gasteiger partial charge on any atom is 0.276 e. The van der Waals surface area contributed by atoms with Crippen molar-refractivity contribution in [2.24, 2.45) is 0 Å². The third-order valence-corrected chi connectivity index (χ3v) is 3.24. The van der Waals surface area contributed by atoms with E-state index in [0.29, 0.717) is 12.8 Å². The molecule has 0 aliphatic rings. The molecule has 5 nitrogen and oxygen atoms in total. The minimum atomic E-state index is -0.572. The zero-order valence-electron chi connectivity index (χ0n) is 13.3. The average molecular weight is 282 g/mol. The van der Waals surface area contributed by atoms with Crippen LogP contribution < -0.4 is 15.5 Å². The molecule has 114 valence electrons. The molecule has 0 heterocycles. The lowest BCUT2D eigenvalue weighted by atomic mass is 9.94. The molecular weight excluding hydrogens is 254 g/mol. The quantitative estimate of drug-likeness (QED) is 0.517. The van der Waals surface area contributed by atoms with E-state index in [4.69, 9.17) is 6.42 Å². The van der Waals surface area contributed by atoms with Gasteiger partial charge in [0.15, 0.2) is 13.1 Å². The zero-order valence-corrected chi connectivity index (χ0v) is 13.3. The number of amides is 2. The maximum absolute atomic E-state index is 12.0. The summed E-state index contributed by atoms with van der Waals surface area (Å²) in [4.78, 5) is 24.4. The van der Waals surface area contributed by atoms with E-state index in [1.165, 1.54) is 0 Å². The SMILES string of the molecule is C#CC(CC)(CC)NC(=O)C[NH+](C)CC(=O)NC(C)C. The van der Waals surface area contributed by atoms with Crippen LogP contribution in [0.2, 0.25) is 0 Å². The van der Waals surface area contributed by atoms with Crippen molar-refractivity contribution in [2.45, 2.75) is 52.1 Å². The van der Waals surface area contributed by atoms with Gasteiger partial charge in [0.25, 0.3) is 11.8 Å². The fourth-order valence-electron chi connectivity index (χ4n) is 1.96. The Labute approximate surface area is 122 Å². The molecule has 0 saturated carbocycles. The van der Waals surface area contributed by atoms with Crippen molar-refractivity contribution < 1.29 is 14.5 Å². The minimum absolute atomic E-state index is 0.0560. The number of nitrogens with one attached hydrogen (secondary N) is 3. The first-order valence-corrected chi connectivity index (χ1v) is 7.18. The van der Waals surface area contributed by atoms with Gasteiger partial charge in [-0.3, -0.25) is 9.59 Å². The molecule has 0 bridgehead atoms. The van der Waals surface area contributed by atoms with Crippen LogP contribution in [-0.4, -0.2) is 43.5 Å². The summed E-state index contributed by atoms with van der Waals surface area (Å²) in [6, 6.07) is 0.110. The molecule has 1 unspecified atom stereocenters. The van der Waals surface area contributed by atoms with E-state index in [2.05, 4.69) is 16.6 Å². The summed E-state index contributed by atoms with van der Waals surface area (Å²) in [6.07, 6.45) is 6.89. The van der Waals surface area contributed by atoms with Crippen molar-refractivity contribution in [3.8, 4) is 12.3 Å². The molecule has 0 fully saturated rings. The van der Waals surface area contributed by atoms with Gasteiger partial charge in [0.05, 0.1) is 7.05 Å². The lowest BCUT2D eigenvalue weighted by Crippen LogP contribution is -3.11. The topological polar surface area (TPSA) is 62.6 Å². The highest BCUT2D eigenvalue weighted by Crippen LogP contribution is 2.12. The van der Waals surface area contributed by atoms with Gasteiger partial charge in [-0.05, 0) is 26.7 Å². The Morgan fingerprint density at radius 3 is 2.10 bits per heavy atom. The van der Waals surface area contributed by atoms with Crippen LogP contribution in [0.4, 0.5) is 0 Å². The van der Waals surface area contributed by atoms with E-state index in [9.17, 15) is 9.59 Å². The smallest absolute Gasteiger partial charge is 0.276 e. The van der Waals surface area contributed by atoms with E-state index in [1.807, 2.05) is 34.7 Å². The Morgan fingerprint density at radius 2 is 1.70 bits per heavy atom. The third kappa shape index (κ3) is 6.58. The number of hydrogen-bond acceptors (Lipinski definition) is 2. The molecule has 0 aromatic rings. The van der Waals surface area contributed by atoms with Gasteiger partial charge >= 0.3 is 0 Å². The van der Waals surface area contributed by atoms with E-state index >= 15 is 0 Å². The number of rotatable bonds is 8. The van der Waals surface area contributed by atoms with Gasteiger partial charge in [-0.2, -0.15) is 0 Å². The average Bonchev–Trinajstić information content (AvgIpc) is 2.34. The highest BCUT2D eigenvalue weighted by atomic mass is 16.2. The Kier molecular flexibility index (Phi) is 7.93. The molecule has 0 aliphatic carbocycles. The van der Waals surface area contributed by atoms with Gasteiger partial charge in [-0.25, -0.2) is 0 Å². The molecule has 0 aromatic carbocycles. The van der Waals surface area contributed by atoms with Crippen LogP contribution in [0.3, 0.4) is 0 Å². The highest BCUT2D eigenvalue weighted by Gasteiger charge is 2.26. The minimum Gasteiger partial charge on any atom is -0.349 e. The molecule has 0 spiro atoms. The number of likely N-dealkylation sites (N-methyl/N-ethyl adjacent to an activating group) is 1. The monoisotopic (exact) mass is 282 g/mol. The number of carbonyl (C=O) groups excluding carboxylic acids is 2. The van der Waals surface area contributed by atoms with E-state index < -0.39 is 5.54 Å². The second-order valence-electron chi connectivity index (χ2n) is 5.51.